The predicted octanol–water partition coefficient (Wildman–Crippen LogP) is 2.57. The fourth-order valence-electron chi connectivity index (χ4n) is 2.90. The van der Waals surface area contributed by atoms with Crippen molar-refractivity contribution >= 4 is 57.2 Å². The summed E-state index contributed by atoms with van der Waals surface area (Å²) in [4.78, 5) is 13.6. The molecule has 2 aromatic heterocycles. The Morgan fingerprint density at radius 3 is 1.90 bits per heavy atom. The van der Waals surface area contributed by atoms with Crippen molar-refractivity contribution in [2.24, 2.45) is 0 Å². The van der Waals surface area contributed by atoms with Crippen molar-refractivity contribution in [2.45, 2.75) is 25.7 Å². The Labute approximate surface area is 201 Å². The molecule has 4 aromatic rings. The molecule has 7 heteroatoms. The number of carbonyl (C=O) groups excluding carboxylic acids is 1. The number of hydrogen-bond acceptors (Lipinski definition) is 5. The number of thiophene rings is 2. The molecule has 0 fully saturated rings. The van der Waals surface area contributed by atoms with E-state index < -0.39 is 0 Å². The number of rotatable bonds is 6. The smallest absolute Gasteiger partial charge is 1.00 e. The number of aliphatic hydroxyl groups excluding tert-OH is 1. The average molecular weight is 431 g/mol. The molecule has 0 saturated heterocycles. The molecule has 2 heterocycles. The SMILES string of the molecule is COC(=O)CCc1cc2ccccc2s1.OCCCc1cc2ccccc2s1.[B].[H-].[Li+]. The third-order valence-corrected chi connectivity index (χ3v) is 6.69. The molecular weight excluding hydrogens is 406 g/mol. The van der Waals surface area contributed by atoms with Gasteiger partial charge < -0.3 is 11.3 Å². The predicted molar refractivity (Wildman–Crippen MR) is 126 cm³/mol. The molecule has 3 radical (unpaired) electrons. The first-order valence-corrected chi connectivity index (χ1v) is 11.0. The number of hydrogen-bond donors (Lipinski definition) is 1. The first-order chi connectivity index (χ1) is 13.7. The standard InChI is InChI=1S/C12H12O2S.C11H12OS.B.Li.H/c1-14-12(13)7-6-10-8-9-4-2-3-5-11(9)15-10;12-7-3-5-10-8-9-4-1-2-6-11(9)13-10;;;/h2-5,8H,6-7H2,1H3;1-2,4,6,8,12H,3,5,7H2;;;/q;;;+1;-1. The summed E-state index contributed by atoms with van der Waals surface area (Å²) < 4.78 is 7.23. The summed E-state index contributed by atoms with van der Waals surface area (Å²) in [6, 6.07) is 21.0. The quantitative estimate of drug-likeness (QED) is 0.377. The fourth-order valence-corrected chi connectivity index (χ4v) is 5.07. The fraction of sp³-hybridized carbons (Fsp3) is 0.261. The van der Waals surface area contributed by atoms with E-state index in [2.05, 4.69) is 53.3 Å². The maximum atomic E-state index is 11.0. The van der Waals surface area contributed by atoms with Crippen LogP contribution in [0.1, 0.15) is 24.0 Å². The summed E-state index contributed by atoms with van der Waals surface area (Å²) in [5.41, 5.74) is 0. The number of benzene rings is 2. The van der Waals surface area contributed by atoms with Gasteiger partial charge in [-0.05, 0) is 54.3 Å². The van der Waals surface area contributed by atoms with Gasteiger partial charge in [0.15, 0.2) is 0 Å². The Morgan fingerprint density at radius 1 is 0.933 bits per heavy atom. The Balaban J connectivity index is 0.000000533. The molecule has 0 saturated carbocycles. The van der Waals surface area contributed by atoms with Gasteiger partial charge in [-0.1, -0.05) is 36.4 Å². The number of aryl methyl sites for hydroxylation is 2. The Morgan fingerprint density at radius 2 is 1.43 bits per heavy atom. The van der Waals surface area contributed by atoms with Gasteiger partial charge in [0.1, 0.15) is 0 Å². The summed E-state index contributed by atoms with van der Waals surface area (Å²) in [6.45, 7) is 0.286. The van der Waals surface area contributed by atoms with Crippen LogP contribution in [0.5, 0.6) is 0 Å². The summed E-state index contributed by atoms with van der Waals surface area (Å²) in [5.74, 6) is -0.146. The van der Waals surface area contributed by atoms with Gasteiger partial charge in [0.2, 0.25) is 0 Å². The van der Waals surface area contributed by atoms with E-state index >= 15 is 0 Å². The third-order valence-electron chi connectivity index (χ3n) is 4.34. The number of esters is 1. The second kappa shape index (κ2) is 13.7. The number of aliphatic hydroxyl groups is 1. The Hall–Kier alpha value is -1.55. The summed E-state index contributed by atoms with van der Waals surface area (Å²) in [7, 11) is 1.42. The minimum atomic E-state index is -0.146. The van der Waals surface area contributed by atoms with Crippen molar-refractivity contribution in [1.29, 1.82) is 0 Å². The van der Waals surface area contributed by atoms with E-state index in [0.717, 1.165) is 19.3 Å². The van der Waals surface area contributed by atoms with Crippen LogP contribution in [0.25, 0.3) is 20.2 Å². The van der Waals surface area contributed by atoms with Gasteiger partial charge in [-0.25, -0.2) is 0 Å². The van der Waals surface area contributed by atoms with Gasteiger partial charge in [-0.3, -0.25) is 4.79 Å². The normalized spacial score (nSPS) is 9.93. The molecule has 0 spiro atoms. The van der Waals surface area contributed by atoms with E-state index in [1.807, 2.05) is 23.5 Å². The van der Waals surface area contributed by atoms with E-state index in [9.17, 15) is 4.79 Å². The Kier molecular flexibility index (Phi) is 12.1. The molecule has 0 amide bonds. The van der Waals surface area contributed by atoms with Crippen molar-refractivity contribution in [1.82, 2.24) is 0 Å². The van der Waals surface area contributed by atoms with E-state index in [1.165, 1.54) is 37.0 Å². The van der Waals surface area contributed by atoms with Crippen molar-refractivity contribution in [3.05, 3.63) is 70.4 Å². The molecule has 0 aliphatic rings. The van der Waals surface area contributed by atoms with Crippen LogP contribution in [-0.4, -0.2) is 33.2 Å². The number of methoxy groups -OCH3 is 1. The molecule has 0 atom stereocenters. The van der Waals surface area contributed by atoms with Crippen LogP contribution in [-0.2, 0) is 22.4 Å². The molecule has 0 bridgehead atoms. The molecule has 0 unspecified atom stereocenters. The second-order valence-corrected chi connectivity index (χ2v) is 8.74. The maximum absolute atomic E-state index is 11.0. The van der Waals surface area contributed by atoms with E-state index in [-0.39, 0.29) is 41.3 Å². The van der Waals surface area contributed by atoms with E-state index in [1.54, 1.807) is 11.3 Å². The molecule has 1 N–H and O–H groups in total. The van der Waals surface area contributed by atoms with Gasteiger partial charge in [-0.2, -0.15) is 0 Å². The number of carbonyl (C=O) groups is 1. The minimum absolute atomic E-state index is 0. The van der Waals surface area contributed by atoms with Crippen molar-refractivity contribution in [3.8, 4) is 0 Å². The summed E-state index contributed by atoms with van der Waals surface area (Å²) >= 11 is 3.57. The molecule has 2 aromatic carbocycles. The summed E-state index contributed by atoms with van der Waals surface area (Å²) in [5, 5.41) is 11.3. The average Bonchev–Trinajstić information content (AvgIpc) is 3.34. The largest absolute Gasteiger partial charge is 1.00 e. The van der Waals surface area contributed by atoms with Crippen LogP contribution in [0.4, 0.5) is 0 Å². The first kappa shape index (κ1) is 26.5. The minimum Gasteiger partial charge on any atom is -1.00 e. The molecule has 3 nitrogen and oxygen atoms in total. The van der Waals surface area contributed by atoms with E-state index in [4.69, 9.17) is 5.11 Å². The molecule has 4 rings (SSSR count). The Bertz CT molecular complexity index is 985. The maximum Gasteiger partial charge on any atom is 1.00 e. The zero-order chi connectivity index (χ0) is 19.8. The monoisotopic (exact) mass is 431 g/mol. The molecule has 0 aliphatic carbocycles. The van der Waals surface area contributed by atoms with E-state index in [0.29, 0.717) is 6.42 Å². The van der Waals surface area contributed by atoms with Crippen LogP contribution in [0.3, 0.4) is 0 Å². The van der Waals surface area contributed by atoms with Crippen LogP contribution in [0.15, 0.2) is 60.7 Å². The molecule has 30 heavy (non-hydrogen) atoms. The van der Waals surface area contributed by atoms with Crippen molar-refractivity contribution in [2.75, 3.05) is 13.7 Å². The van der Waals surface area contributed by atoms with Gasteiger partial charge in [-0.15, -0.1) is 22.7 Å². The van der Waals surface area contributed by atoms with Gasteiger partial charge >= 0.3 is 24.8 Å². The molecular formula is C23H25BLiO3S2. The van der Waals surface area contributed by atoms with Gasteiger partial charge in [0.25, 0.3) is 0 Å². The van der Waals surface area contributed by atoms with Crippen LogP contribution in [0.2, 0.25) is 0 Å². The molecule has 0 aliphatic heterocycles. The number of fused-ring (bicyclic) bond motifs is 2. The van der Waals surface area contributed by atoms with Crippen molar-refractivity contribution < 1.29 is 34.9 Å². The van der Waals surface area contributed by atoms with Gasteiger partial charge in [0.05, 0.1) is 13.5 Å². The third kappa shape index (κ3) is 7.61. The topological polar surface area (TPSA) is 46.5 Å². The van der Waals surface area contributed by atoms with Crippen LogP contribution in [0, 0.1) is 0 Å². The second-order valence-electron chi connectivity index (χ2n) is 6.40. The summed E-state index contributed by atoms with van der Waals surface area (Å²) in [6.07, 6.45) is 3.10. The van der Waals surface area contributed by atoms with Crippen LogP contribution < -0.4 is 18.9 Å². The van der Waals surface area contributed by atoms with Crippen molar-refractivity contribution in [3.63, 3.8) is 0 Å². The van der Waals surface area contributed by atoms with Crippen LogP contribution >= 0.6 is 22.7 Å². The zero-order valence-corrected chi connectivity index (χ0v) is 19.1. The molecule has 151 valence electrons. The first-order valence-electron chi connectivity index (χ1n) is 9.32. The number of ether oxygens (including phenoxy) is 1. The van der Waals surface area contributed by atoms with Gasteiger partial charge in [0, 0.05) is 34.2 Å². The zero-order valence-electron chi connectivity index (χ0n) is 18.5.